The molecule has 0 amide bonds. The average molecular weight is 380 g/mol. The van der Waals surface area contributed by atoms with Crippen LogP contribution in [-0.4, -0.2) is 32.4 Å². The monoisotopic (exact) mass is 379 g/mol. The molecule has 1 heterocycles. The van der Waals surface area contributed by atoms with E-state index in [0.29, 0.717) is 35.6 Å². The van der Waals surface area contributed by atoms with E-state index in [1.165, 1.54) is 10.4 Å². The summed E-state index contributed by atoms with van der Waals surface area (Å²) >= 11 is 3.08. The normalized spacial score (nSPS) is 17.9. The Hall–Kier alpha value is -0.700. The lowest BCUT2D eigenvalue weighted by Gasteiger charge is -2.30. The highest BCUT2D eigenvalue weighted by molar-refractivity contribution is 9.10. The van der Waals surface area contributed by atoms with Gasteiger partial charge in [-0.3, -0.25) is 4.72 Å². The number of halogens is 2. The molecule has 1 aromatic rings. The van der Waals surface area contributed by atoms with Gasteiger partial charge in [0, 0.05) is 13.1 Å². The lowest BCUT2D eigenvalue weighted by molar-refractivity contribution is 0.280. The first kappa shape index (κ1) is 16.7. The summed E-state index contributed by atoms with van der Waals surface area (Å²) in [4.78, 5) is 0. The maximum Gasteiger partial charge on any atom is 0.301 e. The molecule has 0 aliphatic carbocycles. The van der Waals surface area contributed by atoms with Crippen molar-refractivity contribution in [1.29, 1.82) is 0 Å². The Morgan fingerprint density at radius 3 is 2.62 bits per heavy atom. The number of hydrogen-bond donors (Lipinski definition) is 2. The van der Waals surface area contributed by atoms with Crippen molar-refractivity contribution in [3.63, 3.8) is 0 Å². The number of anilines is 1. The number of nitrogens with zero attached hydrogens (tertiary/aromatic N) is 1. The van der Waals surface area contributed by atoms with Crippen LogP contribution in [0.1, 0.15) is 18.4 Å². The Labute approximate surface area is 133 Å². The third kappa shape index (κ3) is 3.94. The van der Waals surface area contributed by atoms with E-state index in [2.05, 4.69) is 20.7 Å². The maximum atomic E-state index is 13.6. The lowest BCUT2D eigenvalue weighted by Crippen LogP contribution is -2.42. The van der Waals surface area contributed by atoms with Gasteiger partial charge in [-0.1, -0.05) is 0 Å². The van der Waals surface area contributed by atoms with Crippen molar-refractivity contribution in [2.24, 2.45) is 11.7 Å². The fourth-order valence-corrected chi connectivity index (χ4v) is 4.12. The van der Waals surface area contributed by atoms with Gasteiger partial charge in [-0.15, -0.1) is 0 Å². The molecule has 118 valence electrons. The summed E-state index contributed by atoms with van der Waals surface area (Å²) in [5, 5.41) is 0. The molecule has 0 aromatic heterocycles. The van der Waals surface area contributed by atoms with Gasteiger partial charge in [0.2, 0.25) is 0 Å². The molecule has 1 aliphatic rings. The second kappa shape index (κ2) is 6.60. The standard InChI is InChI=1S/C13H19BrFN3O2S/c1-9-6-11(14)12(15)7-13(9)17-21(19,20)18-4-2-10(8-16)3-5-18/h6-7,10,17H,2-5,8,16H2,1H3. The molecule has 0 radical (unpaired) electrons. The summed E-state index contributed by atoms with van der Waals surface area (Å²) in [6.45, 7) is 3.19. The Kier molecular flexibility index (Phi) is 5.24. The average Bonchev–Trinajstić information content (AvgIpc) is 2.44. The van der Waals surface area contributed by atoms with E-state index < -0.39 is 16.0 Å². The third-order valence-electron chi connectivity index (χ3n) is 3.75. The van der Waals surface area contributed by atoms with E-state index in [9.17, 15) is 12.8 Å². The lowest BCUT2D eigenvalue weighted by atomic mass is 9.99. The van der Waals surface area contributed by atoms with Crippen LogP contribution in [0.5, 0.6) is 0 Å². The van der Waals surface area contributed by atoms with Gasteiger partial charge in [0.15, 0.2) is 0 Å². The van der Waals surface area contributed by atoms with Crippen molar-refractivity contribution in [3.05, 3.63) is 28.0 Å². The molecule has 1 fully saturated rings. The van der Waals surface area contributed by atoms with E-state index in [-0.39, 0.29) is 5.69 Å². The van der Waals surface area contributed by atoms with Crippen molar-refractivity contribution in [2.75, 3.05) is 24.4 Å². The SMILES string of the molecule is Cc1cc(Br)c(F)cc1NS(=O)(=O)N1CCC(CN)CC1. The van der Waals surface area contributed by atoms with Crippen molar-refractivity contribution in [1.82, 2.24) is 4.31 Å². The molecular formula is C13H19BrFN3O2S. The smallest absolute Gasteiger partial charge is 0.301 e. The van der Waals surface area contributed by atoms with Gasteiger partial charge >= 0.3 is 10.2 Å². The van der Waals surface area contributed by atoms with Crippen LogP contribution in [0.4, 0.5) is 10.1 Å². The van der Waals surface area contributed by atoms with E-state index in [1.54, 1.807) is 13.0 Å². The van der Waals surface area contributed by atoms with Crippen LogP contribution in [0.25, 0.3) is 0 Å². The molecule has 1 aromatic carbocycles. The summed E-state index contributed by atoms with van der Waals surface area (Å²) in [6, 6.07) is 2.73. The van der Waals surface area contributed by atoms with Crippen LogP contribution in [0, 0.1) is 18.7 Å². The summed E-state index contributed by atoms with van der Waals surface area (Å²) in [5.74, 6) is -0.122. The third-order valence-corrected chi connectivity index (χ3v) is 5.88. The predicted molar refractivity (Wildman–Crippen MR) is 84.7 cm³/mol. The Morgan fingerprint density at radius 2 is 2.05 bits per heavy atom. The van der Waals surface area contributed by atoms with Crippen molar-refractivity contribution in [3.8, 4) is 0 Å². The summed E-state index contributed by atoms with van der Waals surface area (Å²) in [6.07, 6.45) is 1.51. The number of hydrogen-bond acceptors (Lipinski definition) is 3. The largest absolute Gasteiger partial charge is 0.330 e. The van der Waals surface area contributed by atoms with E-state index in [0.717, 1.165) is 12.8 Å². The van der Waals surface area contributed by atoms with Crippen LogP contribution >= 0.6 is 15.9 Å². The Balaban J connectivity index is 2.13. The summed E-state index contributed by atoms with van der Waals surface area (Å²) in [7, 11) is -3.66. The first-order chi connectivity index (χ1) is 9.83. The Morgan fingerprint density at radius 1 is 1.43 bits per heavy atom. The van der Waals surface area contributed by atoms with E-state index in [1.807, 2.05) is 0 Å². The minimum absolute atomic E-state index is 0.261. The highest BCUT2D eigenvalue weighted by Gasteiger charge is 2.27. The van der Waals surface area contributed by atoms with Crippen LogP contribution < -0.4 is 10.5 Å². The highest BCUT2D eigenvalue weighted by atomic mass is 79.9. The molecule has 0 spiro atoms. The number of rotatable bonds is 4. The topological polar surface area (TPSA) is 75.4 Å². The predicted octanol–water partition coefficient (Wildman–Crippen LogP) is 2.22. The maximum absolute atomic E-state index is 13.6. The van der Waals surface area contributed by atoms with Crippen LogP contribution in [0.15, 0.2) is 16.6 Å². The minimum Gasteiger partial charge on any atom is -0.330 e. The van der Waals surface area contributed by atoms with Gasteiger partial charge in [-0.05, 0) is 65.9 Å². The van der Waals surface area contributed by atoms with Crippen molar-refractivity contribution < 1.29 is 12.8 Å². The molecule has 0 unspecified atom stereocenters. The van der Waals surface area contributed by atoms with E-state index in [4.69, 9.17) is 5.73 Å². The minimum atomic E-state index is -3.66. The zero-order chi connectivity index (χ0) is 15.6. The molecule has 21 heavy (non-hydrogen) atoms. The summed E-state index contributed by atoms with van der Waals surface area (Å²) in [5.41, 5.74) is 6.52. The quantitative estimate of drug-likeness (QED) is 0.841. The molecule has 2 rings (SSSR count). The van der Waals surface area contributed by atoms with Gasteiger partial charge < -0.3 is 5.73 Å². The molecule has 8 heteroatoms. The number of aryl methyl sites for hydroxylation is 1. The first-order valence-electron chi connectivity index (χ1n) is 6.77. The fourth-order valence-electron chi connectivity index (χ4n) is 2.35. The zero-order valence-corrected chi connectivity index (χ0v) is 14.2. The molecule has 1 aliphatic heterocycles. The van der Waals surface area contributed by atoms with Gasteiger partial charge in [0.1, 0.15) is 5.82 Å². The number of nitrogens with one attached hydrogen (secondary N) is 1. The van der Waals surface area contributed by atoms with Crippen molar-refractivity contribution in [2.45, 2.75) is 19.8 Å². The highest BCUT2D eigenvalue weighted by Crippen LogP contribution is 2.26. The number of piperidine rings is 1. The second-order valence-corrected chi connectivity index (χ2v) is 7.79. The summed E-state index contributed by atoms with van der Waals surface area (Å²) < 4.78 is 42.4. The zero-order valence-electron chi connectivity index (χ0n) is 11.8. The molecule has 5 nitrogen and oxygen atoms in total. The van der Waals surface area contributed by atoms with Gasteiger partial charge in [0.25, 0.3) is 0 Å². The number of nitrogens with two attached hydrogens (primary N) is 1. The van der Waals surface area contributed by atoms with Gasteiger partial charge in [-0.2, -0.15) is 12.7 Å². The first-order valence-corrected chi connectivity index (χ1v) is 9.00. The van der Waals surface area contributed by atoms with Crippen LogP contribution in [0.2, 0.25) is 0 Å². The van der Waals surface area contributed by atoms with Crippen LogP contribution in [-0.2, 0) is 10.2 Å². The molecule has 0 bridgehead atoms. The van der Waals surface area contributed by atoms with Gasteiger partial charge in [0.05, 0.1) is 10.2 Å². The molecule has 0 saturated carbocycles. The fraction of sp³-hybridized carbons (Fsp3) is 0.538. The second-order valence-electron chi connectivity index (χ2n) is 5.27. The van der Waals surface area contributed by atoms with Gasteiger partial charge in [-0.25, -0.2) is 4.39 Å². The Bertz CT molecular complexity index is 616. The molecule has 0 atom stereocenters. The molecule has 1 saturated heterocycles. The van der Waals surface area contributed by atoms with Crippen molar-refractivity contribution >= 4 is 31.8 Å². The number of benzene rings is 1. The molecular weight excluding hydrogens is 361 g/mol. The van der Waals surface area contributed by atoms with E-state index >= 15 is 0 Å². The molecule has 3 N–H and O–H groups in total. The van der Waals surface area contributed by atoms with Crippen LogP contribution in [0.3, 0.4) is 0 Å².